The van der Waals surface area contributed by atoms with E-state index in [9.17, 15) is 0 Å². The first-order valence-corrected chi connectivity index (χ1v) is 7.37. The Balaban J connectivity index is 2.20. The minimum Gasteiger partial charge on any atom is -0.310 e. The van der Waals surface area contributed by atoms with Crippen LogP contribution in [0, 0.1) is 6.92 Å². The molecule has 0 radical (unpaired) electrons. The summed E-state index contributed by atoms with van der Waals surface area (Å²) in [5, 5.41) is 7.96. The average Bonchev–Trinajstić information content (AvgIpc) is 2.68. The molecule has 0 saturated heterocycles. The zero-order chi connectivity index (χ0) is 13.8. The Kier molecular flexibility index (Phi) is 4.77. The SMILES string of the molecule is CCNC(Cc1cc(C)nn1C)c1ccc(Br)cc1. The summed E-state index contributed by atoms with van der Waals surface area (Å²) < 4.78 is 3.08. The van der Waals surface area contributed by atoms with Crippen LogP contribution >= 0.6 is 15.9 Å². The minimum absolute atomic E-state index is 0.327. The van der Waals surface area contributed by atoms with Crippen molar-refractivity contribution in [3.05, 3.63) is 51.8 Å². The van der Waals surface area contributed by atoms with Gasteiger partial charge in [-0.25, -0.2) is 0 Å². The smallest absolute Gasteiger partial charge is 0.0596 e. The predicted molar refractivity (Wildman–Crippen MR) is 82.2 cm³/mol. The van der Waals surface area contributed by atoms with E-state index in [0.29, 0.717) is 6.04 Å². The highest BCUT2D eigenvalue weighted by Crippen LogP contribution is 2.21. The van der Waals surface area contributed by atoms with Crippen LogP contribution in [0.5, 0.6) is 0 Å². The van der Waals surface area contributed by atoms with Crippen LogP contribution in [0.25, 0.3) is 0 Å². The molecule has 102 valence electrons. The number of nitrogens with one attached hydrogen (secondary N) is 1. The third kappa shape index (κ3) is 3.67. The van der Waals surface area contributed by atoms with Crippen molar-refractivity contribution in [1.29, 1.82) is 0 Å². The summed E-state index contributed by atoms with van der Waals surface area (Å²) in [7, 11) is 2.01. The van der Waals surface area contributed by atoms with Crippen LogP contribution in [0.3, 0.4) is 0 Å². The number of halogens is 1. The van der Waals surface area contributed by atoms with Crippen LogP contribution in [-0.4, -0.2) is 16.3 Å². The molecule has 4 heteroatoms. The molecule has 0 bridgehead atoms. The molecule has 0 fully saturated rings. The van der Waals surface area contributed by atoms with E-state index in [1.54, 1.807) is 0 Å². The van der Waals surface area contributed by atoms with E-state index in [2.05, 4.69) is 63.6 Å². The van der Waals surface area contributed by atoms with E-state index in [1.165, 1.54) is 11.3 Å². The second-order valence-corrected chi connectivity index (χ2v) is 5.68. The summed E-state index contributed by atoms with van der Waals surface area (Å²) in [4.78, 5) is 0. The lowest BCUT2D eigenvalue weighted by Gasteiger charge is -2.18. The van der Waals surface area contributed by atoms with E-state index in [4.69, 9.17) is 0 Å². The van der Waals surface area contributed by atoms with Crippen LogP contribution in [0.4, 0.5) is 0 Å². The van der Waals surface area contributed by atoms with Crippen molar-refractivity contribution in [3.63, 3.8) is 0 Å². The topological polar surface area (TPSA) is 29.9 Å². The third-order valence-electron chi connectivity index (χ3n) is 3.24. The van der Waals surface area contributed by atoms with Crippen molar-refractivity contribution >= 4 is 15.9 Å². The number of likely N-dealkylation sites (N-methyl/N-ethyl adjacent to an activating group) is 1. The average molecular weight is 322 g/mol. The third-order valence-corrected chi connectivity index (χ3v) is 3.76. The molecule has 19 heavy (non-hydrogen) atoms. The molecule has 1 unspecified atom stereocenters. The van der Waals surface area contributed by atoms with E-state index < -0.39 is 0 Å². The number of hydrogen-bond acceptors (Lipinski definition) is 2. The van der Waals surface area contributed by atoms with Gasteiger partial charge in [0.2, 0.25) is 0 Å². The Labute approximate surface area is 123 Å². The van der Waals surface area contributed by atoms with Crippen molar-refractivity contribution in [2.45, 2.75) is 26.3 Å². The molecule has 2 aromatic rings. The Morgan fingerprint density at radius 2 is 2.00 bits per heavy atom. The summed E-state index contributed by atoms with van der Waals surface area (Å²) in [6, 6.07) is 11.0. The lowest BCUT2D eigenvalue weighted by Crippen LogP contribution is -2.23. The van der Waals surface area contributed by atoms with Crippen LogP contribution in [0.1, 0.15) is 29.9 Å². The molecule has 0 amide bonds. The minimum atomic E-state index is 0.327. The number of aryl methyl sites for hydroxylation is 2. The fourth-order valence-electron chi connectivity index (χ4n) is 2.31. The Bertz CT molecular complexity index is 531. The molecule has 1 aromatic heterocycles. The van der Waals surface area contributed by atoms with Gasteiger partial charge in [-0.2, -0.15) is 5.10 Å². The second-order valence-electron chi connectivity index (χ2n) is 4.77. The van der Waals surface area contributed by atoms with Crippen LogP contribution < -0.4 is 5.32 Å². The fourth-order valence-corrected chi connectivity index (χ4v) is 2.58. The highest BCUT2D eigenvalue weighted by Gasteiger charge is 2.13. The summed E-state index contributed by atoms with van der Waals surface area (Å²) in [5.74, 6) is 0. The van der Waals surface area contributed by atoms with Crippen LogP contribution in [0.2, 0.25) is 0 Å². The van der Waals surface area contributed by atoms with Gasteiger partial charge in [0.1, 0.15) is 0 Å². The lowest BCUT2D eigenvalue weighted by atomic mass is 10.0. The second kappa shape index (κ2) is 6.35. The van der Waals surface area contributed by atoms with Gasteiger partial charge in [-0.3, -0.25) is 4.68 Å². The molecule has 0 saturated carbocycles. The molecule has 1 N–H and O–H groups in total. The molecule has 3 nitrogen and oxygen atoms in total. The first-order chi connectivity index (χ1) is 9.10. The van der Waals surface area contributed by atoms with Gasteiger partial charge < -0.3 is 5.32 Å². The highest BCUT2D eigenvalue weighted by molar-refractivity contribution is 9.10. The van der Waals surface area contributed by atoms with Gasteiger partial charge in [0.15, 0.2) is 0 Å². The maximum Gasteiger partial charge on any atom is 0.0596 e. The van der Waals surface area contributed by atoms with Gasteiger partial charge in [0.05, 0.1) is 5.69 Å². The summed E-state index contributed by atoms with van der Waals surface area (Å²) in [5.41, 5.74) is 3.64. The monoisotopic (exact) mass is 321 g/mol. The predicted octanol–water partition coefficient (Wildman–Crippen LogP) is 3.38. The van der Waals surface area contributed by atoms with E-state index in [0.717, 1.165) is 23.1 Å². The largest absolute Gasteiger partial charge is 0.310 e. The lowest BCUT2D eigenvalue weighted by molar-refractivity contribution is 0.528. The summed E-state index contributed by atoms with van der Waals surface area (Å²) in [6.45, 7) is 5.13. The van der Waals surface area contributed by atoms with Gasteiger partial charge in [0, 0.05) is 29.7 Å². The van der Waals surface area contributed by atoms with Gasteiger partial charge in [-0.05, 0) is 37.2 Å². The van der Waals surface area contributed by atoms with Gasteiger partial charge in [-0.15, -0.1) is 0 Å². The standard InChI is InChI=1S/C15H20BrN3/c1-4-17-15(12-5-7-13(16)8-6-12)10-14-9-11(2)18-19(14)3/h5-9,15,17H,4,10H2,1-3H3. The zero-order valence-corrected chi connectivity index (χ0v) is 13.2. The maximum absolute atomic E-state index is 4.41. The van der Waals surface area contributed by atoms with Gasteiger partial charge >= 0.3 is 0 Å². The molecule has 1 aromatic carbocycles. The first kappa shape index (κ1) is 14.3. The van der Waals surface area contributed by atoms with Gasteiger partial charge in [-0.1, -0.05) is 35.0 Å². The molecule has 1 heterocycles. The summed E-state index contributed by atoms with van der Waals surface area (Å²) >= 11 is 3.48. The molecule has 0 aliphatic carbocycles. The molecular formula is C15H20BrN3. The molecule has 1 atom stereocenters. The maximum atomic E-state index is 4.41. The number of nitrogens with zero attached hydrogens (tertiary/aromatic N) is 2. The van der Waals surface area contributed by atoms with E-state index in [1.807, 2.05) is 18.7 Å². The normalized spacial score (nSPS) is 12.6. The Morgan fingerprint density at radius 3 is 2.53 bits per heavy atom. The highest BCUT2D eigenvalue weighted by atomic mass is 79.9. The molecule has 2 rings (SSSR count). The Hall–Kier alpha value is -1.13. The number of rotatable bonds is 5. The van der Waals surface area contributed by atoms with Crippen molar-refractivity contribution in [1.82, 2.24) is 15.1 Å². The van der Waals surface area contributed by atoms with Gasteiger partial charge in [0.25, 0.3) is 0 Å². The molecule has 0 aliphatic rings. The van der Waals surface area contributed by atoms with Crippen LogP contribution in [0.15, 0.2) is 34.8 Å². The quantitative estimate of drug-likeness (QED) is 0.914. The summed E-state index contributed by atoms with van der Waals surface area (Å²) in [6.07, 6.45) is 0.951. The van der Waals surface area contributed by atoms with Crippen LogP contribution in [-0.2, 0) is 13.5 Å². The fraction of sp³-hybridized carbons (Fsp3) is 0.400. The van der Waals surface area contributed by atoms with Crippen molar-refractivity contribution < 1.29 is 0 Å². The van der Waals surface area contributed by atoms with E-state index in [-0.39, 0.29) is 0 Å². The molecule has 0 spiro atoms. The first-order valence-electron chi connectivity index (χ1n) is 6.58. The number of aromatic nitrogens is 2. The number of benzene rings is 1. The molecular weight excluding hydrogens is 302 g/mol. The molecule has 0 aliphatic heterocycles. The van der Waals surface area contributed by atoms with Crippen molar-refractivity contribution in [2.24, 2.45) is 7.05 Å². The number of hydrogen-bond donors (Lipinski definition) is 1. The Morgan fingerprint density at radius 1 is 1.32 bits per heavy atom. The van der Waals surface area contributed by atoms with E-state index >= 15 is 0 Å². The van der Waals surface area contributed by atoms with Crippen molar-refractivity contribution in [2.75, 3.05) is 6.54 Å². The van der Waals surface area contributed by atoms with Crippen molar-refractivity contribution in [3.8, 4) is 0 Å². The zero-order valence-electron chi connectivity index (χ0n) is 11.7.